The van der Waals surface area contributed by atoms with Gasteiger partial charge in [0.1, 0.15) is 10.8 Å². The molecule has 1 aromatic carbocycles. The van der Waals surface area contributed by atoms with Gasteiger partial charge >= 0.3 is 0 Å². The zero-order valence-corrected chi connectivity index (χ0v) is 10.3. The molecule has 1 aliphatic rings. The van der Waals surface area contributed by atoms with Crippen molar-refractivity contribution in [1.29, 1.82) is 0 Å². The third-order valence-corrected chi connectivity index (χ3v) is 3.58. The van der Waals surface area contributed by atoms with Crippen molar-refractivity contribution in [2.75, 3.05) is 11.9 Å². The number of hydrogen-bond donors (Lipinski definition) is 1. The van der Waals surface area contributed by atoms with Gasteiger partial charge in [0.05, 0.1) is 18.8 Å². The molecule has 0 aliphatic carbocycles. The summed E-state index contributed by atoms with van der Waals surface area (Å²) in [6.07, 6.45) is 1.76. The summed E-state index contributed by atoms with van der Waals surface area (Å²) in [4.78, 5) is 0. The van der Waals surface area contributed by atoms with Crippen LogP contribution in [-0.4, -0.2) is 16.2 Å². The molecule has 2 aromatic rings. The molecule has 4 nitrogen and oxygen atoms in total. The van der Waals surface area contributed by atoms with Crippen molar-refractivity contribution >= 4 is 16.5 Å². The molecule has 88 valence electrons. The van der Waals surface area contributed by atoms with E-state index < -0.39 is 0 Å². The van der Waals surface area contributed by atoms with Gasteiger partial charge < -0.3 is 10.1 Å². The van der Waals surface area contributed by atoms with Crippen LogP contribution in [0.3, 0.4) is 0 Å². The van der Waals surface area contributed by atoms with E-state index in [1.807, 2.05) is 18.2 Å². The lowest BCUT2D eigenvalue weighted by atomic mass is 9.92. The van der Waals surface area contributed by atoms with Crippen LogP contribution in [0.15, 0.2) is 30.5 Å². The van der Waals surface area contributed by atoms with Crippen molar-refractivity contribution < 1.29 is 4.74 Å². The molecule has 0 radical (unpaired) electrons. The highest BCUT2D eigenvalue weighted by atomic mass is 32.1. The summed E-state index contributed by atoms with van der Waals surface area (Å²) in [5.74, 6) is 1.40. The lowest BCUT2D eigenvalue weighted by Gasteiger charge is -2.32. The monoisotopic (exact) mass is 247 g/mol. The molecular formula is C12H13N3OS. The summed E-state index contributed by atoms with van der Waals surface area (Å²) in [6, 6.07) is 8.43. The van der Waals surface area contributed by atoms with Crippen molar-refractivity contribution in [3.8, 4) is 5.75 Å². The standard InChI is InChI=1S/C12H13N3OS/c1-8-7-16-10-5-3-2-4-9(10)12(8)14-11-6-13-15-17-11/h2-6,8,12,14H,7H2,1H3. The van der Waals surface area contributed by atoms with E-state index in [9.17, 15) is 0 Å². The number of anilines is 1. The zero-order chi connectivity index (χ0) is 11.7. The quantitative estimate of drug-likeness (QED) is 0.886. The Kier molecular flexibility index (Phi) is 2.68. The minimum Gasteiger partial charge on any atom is -0.493 e. The van der Waals surface area contributed by atoms with E-state index in [1.54, 1.807) is 6.20 Å². The number of ether oxygens (including phenoxy) is 1. The van der Waals surface area contributed by atoms with Crippen molar-refractivity contribution in [2.45, 2.75) is 13.0 Å². The summed E-state index contributed by atoms with van der Waals surface area (Å²) in [6.45, 7) is 2.92. The van der Waals surface area contributed by atoms with Gasteiger partial charge in [-0.3, -0.25) is 0 Å². The van der Waals surface area contributed by atoms with E-state index in [0.29, 0.717) is 5.92 Å². The Balaban J connectivity index is 1.92. The number of benzene rings is 1. The minimum absolute atomic E-state index is 0.266. The number of nitrogens with one attached hydrogen (secondary N) is 1. The Bertz CT molecular complexity index is 500. The molecule has 2 heterocycles. The zero-order valence-electron chi connectivity index (χ0n) is 9.46. The van der Waals surface area contributed by atoms with Crippen LogP contribution in [0.1, 0.15) is 18.5 Å². The molecule has 17 heavy (non-hydrogen) atoms. The van der Waals surface area contributed by atoms with E-state index in [4.69, 9.17) is 4.74 Å². The number of para-hydroxylation sites is 1. The predicted octanol–water partition coefficient (Wildman–Crippen LogP) is 2.72. The maximum atomic E-state index is 5.72. The van der Waals surface area contributed by atoms with Gasteiger partial charge in [0.2, 0.25) is 0 Å². The van der Waals surface area contributed by atoms with Crippen LogP contribution < -0.4 is 10.1 Å². The number of fused-ring (bicyclic) bond motifs is 1. The average Bonchev–Trinajstić information content (AvgIpc) is 2.86. The van der Waals surface area contributed by atoms with Gasteiger partial charge in [0, 0.05) is 23.0 Å². The Morgan fingerprint density at radius 2 is 2.29 bits per heavy atom. The van der Waals surface area contributed by atoms with Gasteiger partial charge in [-0.05, 0) is 6.07 Å². The van der Waals surface area contributed by atoms with Gasteiger partial charge in [0.25, 0.3) is 0 Å². The molecule has 0 amide bonds. The lowest BCUT2D eigenvalue weighted by Crippen LogP contribution is -2.28. The van der Waals surface area contributed by atoms with Crippen LogP contribution >= 0.6 is 11.5 Å². The maximum Gasteiger partial charge on any atom is 0.130 e. The first-order chi connectivity index (χ1) is 8.34. The van der Waals surface area contributed by atoms with E-state index in [-0.39, 0.29) is 6.04 Å². The number of rotatable bonds is 2. The van der Waals surface area contributed by atoms with Gasteiger partial charge in [-0.15, -0.1) is 5.10 Å². The van der Waals surface area contributed by atoms with Crippen molar-refractivity contribution in [3.63, 3.8) is 0 Å². The van der Waals surface area contributed by atoms with Gasteiger partial charge in [-0.2, -0.15) is 0 Å². The van der Waals surface area contributed by atoms with Crippen molar-refractivity contribution in [1.82, 2.24) is 9.59 Å². The second kappa shape index (κ2) is 4.33. The van der Waals surface area contributed by atoms with Crippen LogP contribution in [0.5, 0.6) is 5.75 Å². The molecule has 2 atom stereocenters. The number of aromatic nitrogens is 2. The second-order valence-electron chi connectivity index (χ2n) is 4.23. The summed E-state index contributed by atoms with van der Waals surface area (Å²) in [5.41, 5.74) is 1.21. The molecule has 5 heteroatoms. The summed E-state index contributed by atoms with van der Waals surface area (Å²) >= 11 is 1.38. The Morgan fingerprint density at radius 1 is 1.41 bits per heavy atom. The summed E-state index contributed by atoms with van der Waals surface area (Å²) in [7, 11) is 0. The Hall–Kier alpha value is -1.62. The topological polar surface area (TPSA) is 47.0 Å². The molecular weight excluding hydrogens is 234 g/mol. The first-order valence-corrected chi connectivity index (χ1v) is 6.37. The first-order valence-electron chi connectivity index (χ1n) is 5.60. The molecule has 0 bridgehead atoms. The molecule has 0 saturated carbocycles. The fourth-order valence-electron chi connectivity index (χ4n) is 2.10. The van der Waals surface area contributed by atoms with Crippen LogP contribution in [0.25, 0.3) is 0 Å². The normalized spacial score (nSPS) is 22.6. The van der Waals surface area contributed by atoms with E-state index in [1.165, 1.54) is 17.1 Å². The number of nitrogens with zero attached hydrogens (tertiary/aromatic N) is 2. The molecule has 0 spiro atoms. The molecule has 2 unspecified atom stereocenters. The fourth-order valence-corrected chi connectivity index (χ4v) is 2.55. The SMILES string of the molecule is CC1COc2ccccc2C1Nc1cnns1. The predicted molar refractivity (Wildman–Crippen MR) is 67.4 cm³/mol. The fraction of sp³-hybridized carbons (Fsp3) is 0.333. The Morgan fingerprint density at radius 3 is 3.12 bits per heavy atom. The molecule has 1 aliphatic heterocycles. The van der Waals surface area contributed by atoms with Crippen LogP contribution in [0, 0.1) is 5.92 Å². The lowest BCUT2D eigenvalue weighted by molar-refractivity contribution is 0.214. The van der Waals surface area contributed by atoms with Crippen LogP contribution in [-0.2, 0) is 0 Å². The number of hydrogen-bond acceptors (Lipinski definition) is 5. The third-order valence-electron chi connectivity index (χ3n) is 2.98. The van der Waals surface area contributed by atoms with Crippen molar-refractivity contribution in [3.05, 3.63) is 36.0 Å². The third kappa shape index (κ3) is 1.98. The smallest absolute Gasteiger partial charge is 0.130 e. The van der Waals surface area contributed by atoms with Gasteiger partial charge in [-0.25, -0.2) is 0 Å². The van der Waals surface area contributed by atoms with Crippen molar-refractivity contribution in [2.24, 2.45) is 5.92 Å². The maximum absolute atomic E-state index is 5.72. The van der Waals surface area contributed by atoms with Gasteiger partial charge in [0.15, 0.2) is 0 Å². The second-order valence-corrected chi connectivity index (χ2v) is 5.02. The minimum atomic E-state index is 0.266. The average molecular weight is 247 g/mol. The van der Waals surface area contributed by atoms with Crippen LogP contribution in [0.4, 0.5) is 5.00 Å². The molecule has 1 aromatic heterocycles. The first kappa shape index (κ1) is 10.5. The highest BCUT2D eigenvalue weighted by molar-refractivity contribution is 7.09. The molecule has 0 fully saturated rings. The highest BCUT2D eigenvalue weighted by Gasteiger charge is 2.27. The van der Waals surface area contributed by atoms with Crippen LogP contribution in [0.2, 0.25) is 0 Å². The molecule has 1 N–H and O–H groups in total. The van der Waals surface area contributed by atoms with Gasteiger partial charge in [-0.1, -0.05) is 29.6 Å². The van der Waals surface area contributed by atoms with E-state index >= 15 is 0 Å². The van der Waals surface area contributed by atoms with E-state index in [0.717, 1.165) is 17.4 Å². The Labute approximate surface area is 104 Å². The largest absolute Gasteiger partial charge is 0.493 e. The summed E-state index contributed by atoms with van der Waals surface area (Å²) < 4.78 is 9.58. The molecule has 0 saturated heterocycles. The van der Waals surface area contributed by atoms with E-state index in [2.05, 4.69) is 27.9 Å². The highest BCUT2D eigenvalue weighted by Crippen LogP contribution is 2.37. The molecule has 3 rings (SSSR count). The summed E-state index contributed by atoms with van der Waals surface area (Å²) in [5, 5.41) is 8.32.